The van der Waals surface area contributed by atoms with Crippen LogP contribution in [0, 0.1) is 0 Å². The number of nitrogens with zero attached hydrogens (tertiary/aromatic N) is 4. The van der Waals surface area contributed by atoms with Crippen molar-refractivity contribution in [3.05, 3.63) is 18.7 Å². The Morgan fingerprint density at radius 2 is 2.00 bits per heavy atom. The minimum absolute atomic E-state index is 0.134. The molecule has 1 N–H and O–H groups in total. The van der Waals surface area contributed by atoms with Crippen LogP contribution in [0.15, 0.2) is 18.7 Å². The molecular formula is C13H22N4O2. The van der Waals surface area contributed by atoms with Crippen molar-refractivity contribution >= 4 is 5.91 Å². The summed E-state index contributed by atoms with van der Waals surface area (Å²) in [5, 5.41) is 9.36. The smallest absolute Gasteiger partial charge is 0.245 e. The van der Waals surface area contributed by atoms with Crippen LogP contribution in [0.4, 0.5) is 0 Å². The van der Waals surface area contributed by atoms with Crippen molar-refractivity contribution in [1.29, 1.82) is 0 Å². The fourth-order valence-corrected chi connectivity index (χ4v) is 2.41. The van der Waals surface area contributed by atoms with Gasteiger partial charge in [0.25, 0.3) is 0 Å². The first kappa shape index (κ1) is 14.0. The second kappa shape index (κ2) is 6.16. The number of hydrogen-bond acceptors (Lipinski definition) is 4. The monoisotopic (exact) mass is 266 g/mol. The third-order valence-electron chi connectivity index (χ3n) is 3.54. The molecule has 0 saturated carbocycles. The van der Waals surface area contributed by atoms with Gasteiger partial charge in [-0.2, -0.15) is 0 Å². The third kappa shape index (κ3) is 3.54. The number of aliphatic hydroxyl groups excluding tert-OH is 1. The molecule has 1 amide bonds. The summed E-state index contributed by atoms with van der Waals surface area (Å²) in [4.78, 5) is 20.4. The molecule has 0 aromatic carbocycles. The number of rotatable bonds is 4. The normalized spacial score (nSPS) is 20.3. The van der Waals surface area contributed by atoms with E-state index in [-0.39, 0.29) is 18.1 Å². The van der Waals surface area contributed by atoms with Crippen LogP contribution in [-0.2, 0) is 4.79 Å². The van der Waals surface area contributed by atoms with E-state index in [1.807, 2.05) is 22.6 Å². The predicted molar refractivity (Wildman–Crippen MR) is 71.6 cm³/mol. The minimum atomic E-state index is -0.313. The summed E-state index contributed by atoms with van der Waals surface area (Å²) in [6.45, 7) is 7.47. The summed E-state index contributed by atoms with van der Waals surface area (Å²) in [6.07, 6.45) is 4.86. The molecule has 0 spiro atoms. The SMILES string of the molecule is C[C@H](C(=O)N1CCN(C[C@@H](C)O)CC1)n1ccnc1. The van der Waals surface area contributed by atoms with Crippen LogP contribution in [0.25, 0.3) is 0 Å². The fourth-order valence-electron chi connectivity index (χ4n) is 2.41. The number of piperazine rings is 1. The van der Waals surface area contributed by atoms with Crippen molar-refractivity contribution in [1.82, 2.24) is 19.4 Å². The van der Waals surface area contributed by atoms with Crippen molar-refractivity contribution in [3.8, 4) is 0 Å². The highest BCUT2D eigenvalue weighted by molar-refractivity contribution is 5.80. The highest BCUT2D eigenvalue weighted by Gasteiger charge is 2.25. The molecule has 0 bridgehead atoms. The van der Waals surface area contributed by atoms with Gasteiger partial charge < -0.3 is 14.6 Å². The number of aromatic nitrogens is 2. The van der Waals surface area contributed by atoms with Gasteiger partial charge in [0.15, 0.2) is 0 Å². The van der Waals surface area contributed by atoms with E-state index in [0.717, 1.165) is 26.2 Å². The number of β-amino-alcohol motifs (C(OH)–C–C–N with tert-alkyl or cyclic N) is 1. The summed E-state index contributed by atoms with van der Waals surface area (Å²) in [5.74, 6) is 0.134. The number of imidazole rings is 1. The summed E-state index contributed by atoms with van der Waals surface area (Å²) >= 11 is 0. The van der Waals surface area contributed by atoms with Crippen LogP contribution in [0.5, 0.6) is 0 Å². The second-order valence-corrected chi connectivity index (χ2v) is 5.16. The lowest BCUT2D eigenvalue weighted by molar-refractivity contribution is -0.136. The van der Waals surface area contributed by atoms with Gasteiger partial charge in [-0.05, 0) is 13.8 Å². The lowest BCUT2D eigenvalue weighted by Crippen LogP contribution is -2.51. The van der Waals surface area contributed by atoms with Gasteiger partial charge in [-0.3, -0.25) is 9.69 Å². The van der Waals surface area contributed by atoms with Gasteiger partial charge in [0, 0.05) is 45.1 Å². The third-order valence-corrected chi connectivity index (χ3v) is 3.54. The van der Waals surface area contributed by atoms with E-state index in [2.05, 4.69) is 9.88 Å². The Balaban J connectivity index is 1.85. The van der Waals surface area contributed by atoms with Gasteiger partial charge in [0.2, 0.25) is 5.91 Å². The summed E-state index contributed by atoms with van der Waals surface area (Å²) in [6, 6.07) is -0.203. The van der Waals surface area contributed by atoms with Crippen molar-refractivity contribution in [3.63, 3.8) is 0 Å². The first-order valence-corrected chi connectivity index (χ1v) is 6.74. The molecule has 1 fully saturated rings. The van der Waals surface area contributed by atoms with E-state index in [1.165, 1.54) is 0 Å². The second-order valence-electron chi connectivity index (χ2n) is 5.16. The molecule has 6 heteroatoms. The Morgan fingerprint density at radius 3 is 2.53 bits per heavy atom. The molecule has 1 aromatic rings. The predicted octanol–water partition coefficient (Wildman–Crippen LogP) is -0.0309. The number of aliphatic hydroxyl groups is 1. The molecule has 2 atom stereocenters. The lowest BCUT2D eigenvalue weighted by atomic mass is 10.2. The average Bonchev–Trinajstić information content (AvgIpc) is 2.91. The van der Waals surface area contributed by atoms with E-state index >= 15 is 0 Å². The van der Waals surface area contributed by atoms with Gasteiger partial charge in [0.05, 0.1) is 12.4 Å². The molecule has 1 aliphatic heterocycles. The lowest BCUT2D eigenvalue weighted by Gasteiger charge is -2.36. The largest absolute Gasteiger partial charge is 0.392 e. The van der Waals surface area contributed by atoms with E-state index in [1.54, 1.807) is 19.4 Å². The van der Waals surface area contributed by atoms with Crippen LogP contribution in [0.3, 0.4) is 0 Å². The van der Waals surface area contributed by atoms with Crippen LogP contribution < -0.4 is 0 Å². The van der Waals surface area contributed by atoms with Gasteiger partial charge in [-0.15, -0.1) is 0 Å². The van der Waals surface area contributed by atoms with Crippen molar-refractivity contribution in [2.45, 2.75) is 26.0 Å². The average molecular weight is 266 g/mol. The molecule has 1 saturated heterocycles. The van der Waals surface area contributed by atoms with Gasteiger partial charge in [-0.1, -0.05) is 0 Å². The summed E-state index contributed by atoms with van der Waals surface area (Å²) < 4.78 is 1.82. The van der Waals surface area contributed by atoms with Gasteiger partial charge in [0.1, 0.15) is 6.04 Å². The molecule has 2 heterocycles. The van der Waals surface area contributed by atoms with Crippen molar-refractivity contribution in [2.24, 2.45) is 0 Å². The maximum atomic E-state index is 12.3. The van der Waals surface area contributed by atoms with Crippen LogP contribution in [-0.4, -0.2) is 69.2 Å². The van der Waals surface area contributed by atoms with Gasteiger partial charge in [-0.25, -0.2) is 4.98 Å². The standard InChI is InChI=1S/C13H22N4O2/c1-11(18)9-15-5-7-16(8-6-15)13(19)12(2)17-4-3-14-10-17/h3-4,10-12,18H,5-9H2,1-2H3/t11-,12-/m1/s1. The molecule has 6 nitrogen and oxygen atoms in total. The molecule has 19 heavy (non-hydrogen) atoms. The molecule has 0 aliphatic carbocycles. The highest BCUT2D eigenvalue weighted by atomic mass is 16.3. The van der Waals surface area contributed by atoms with E-state index in [4.69, 9.17) is 0 Å². The van der Waals surface area contributed by atoms with Crippen LogP contribution in [0.1, 0.15) is 19.9 Å². The van der Waals surface area contributed by atoms with E-state index in [0.29, 0.717) is 6.54 Å². The Kier molecular flexibility index (Phi) is 4.55. The maximum Gasteiger partial charge on any atom is 0.245 e. The quantitative estimate of drug-likeness (QED) is 0.831. The Labute approximate surface area is 113 Å². The zero-order chi connectivity index (χ0) is 13.8. The molecule has 106 valence electrons. The van der Waals surface area contributed by atoms with Crippen LogP contribution in [0.2, 0.25) is 0 Å². The van der Waals surface area contributed by atoms with E-state index in [9.17, 15) is 9.90 Å². The number of carbonyl (C=O) groups is 1. The highest BCUT2D eigenvalue weighted by Crippen LogP contribution is 2.12. The summed E-state index contributed by atoms with van der Waals surface area (Å²) in [7, 11) is 0. The Bertz CT molecular complexity index is 397. The van der Waals surface area contributed by atoms with Crippen LogP contribution >= 0.6 is 0 Å². The zero-order valence-electron chi connectivity index (χ0n) is 11.6. The molecule has 1 aliphatic rings. The topological polar surface area (TPSA) is 61.6 Å². The Hall–Kier alpha value is -1.40. The van der Waals surface area contributed by atoms with Crippen molar-refractivity contribution in [2.75, 3.05) is 32.7 Å². The van der Waals surface area contributed by atoms with Gasteiger partial charge >= 0.3 is 0 Å². The fraction of sp³-hybridized carbons (Fsp3) is 0.692. The Morgan fingerprint density at radius 1 is 1.32 bits per heavy atom. The molecule has 0 radical (unpaired) electrons. The number of carbonyl (C=O) groups excluding carboxylic acids is 1. The first-order valence-electron chi connectivity index (χ1n) is 6.74. The number of hydrogen-bond donors (Lipinski definition) is 1. The summed E-state index contributed by atoms with van der Waals surface area (Å²) in [5.41, 5.74) is 0. The first-order chi connectivity index (χ1) is 9.08. The maximum absolute atomic E-state index is 12.3. The molecular weight excluding hydrogens is 244 g/mol. The van der Waals surface area contributed by atoms with Crippen molar-refractivity contribution < 1.29 is 9.90 Å². The number of amides is 1. The molecule has 1 aromatic heterocycles. The molecule has 2 rings (SSSR count). The minimum Gasteiger partial charge on any atom is -0.392 e. The molecule has 0 unspecified atom stereocenters. The van der Waals surface area contributed by atoms with E-state index < -0.39 is 0 Å². The zero-order valence-corrected chi connectivity index (χ0v) is 11.6.